The van der Waals surface area contributed by atoms with Crippen molar-refractivity contribution in [3.63, 3.8) is 0 Å². The maximum Gasteiger partial charge on any atom is 0.227 e. The lowest BCUT2D eigenvalue weighted by molar-refractivity contribution is 0.602. The van der Waals surface area contributed by atoms with E-state index in [9.17, 15) is 8.42 Å². The third kappa shape index (κ3) is 3.39. The van der Waals surface area contributed by atoms with Crippen molar-refractivity contribution >= 4 is 44.1 Å². The zero-order valence-electron chi connectivity index (χ0n) is 9.46. The summed E-state index contributed by atoms with van der Waals surface area (Å²) in [6.07, 6.45) is 4.57. The van der Waals surface area contributed by atoms with E-state index < -0.39 is 9.84 Å². The number of benzene rings is 1. The van der Waals surface area contributed by atoms with E-state index in [2.05, 4.69) is 37.9 Å². The average molecular weight is 375 g/mol. The molecule has 0 unspecified atom stereocenters. The Morgan fingerprint density at radius 2 is 1.67 bits per heavy atom. The molecule has 1 aromatic carbocycles. The highest BCUT2D eigenvalue weighted by atomic mass is 127. The molecule has 94 valence electrons. The van der Waals surface area contributed by atoms with Crippen molar-refractivity contribution in [1.82, 2.24) is 9.97 Å². The van der Waals surface area contributed by atoms with E-state index in [0.717, 1.165) is 9.26 Å². The van der Waals surface area contributed by atoms with Gasteiger partial charge in [-0.25, -0.2) is 18.4 Å². The largest absolute Gasteiger partial charge is 0.324 e. The first kappa shape index (κ1) is 13.2. The van der Waals surface area contributed by atoms with Gasteiger partial charge < -0.3 is 5.32 Å². The zero-order chi connectivity index (χ0) is 13.2. The van der Waals surface area contributed by atoms with Crippen molar-refractivity contribution in [2.75, 3.05) is 11.6 Å². The Balaban J connectivity index is 2.18. The molecule has 0 aliphatic carbocycles. The van der Waals surface area contributed by atoms with Gasteiger partial charge in [-0.05, 0) is 46.9 Å². The second-order valence-corrected chi connectivity index (χ2v) is 6.91. The minimum absolute atomic E-state index is 0.288. The summed E-state index contributed by atoms with van der Waals surface area (Å²) >= 11 is 2.12. The first-order chi connectivity index (χ1) is 8.45. The van der Waals surface area contributed by atoms with Gasteiger partial charge in [0.1, 0.15) is 0 Å². The molecule has 0 saturated carbocycles. The van der Waals surface area contributed by atoms with Gasteiger partial charge in [0.05, 0.1) is 4.90 Å². The topological polar surface area (TPSA) is 72.0 Å². The van der Waals surface area contributed by atoms with Crippen LogP contribution < -0.4 is 5.32 Å². The summed E-state index contributed by atoms with van der Waals surface area (Å²) in [7, 11) is -3.16. The Bertz CT molecular complexity index is 639. The summed E-state index contributed by atoms with van der Waals surface area (Å²) in [5, 5.41) is 2.99. The van der Waals surface area contributed by atoms with Crippen LogP contribution in [-0.2, 0) is 9.84 Å². The molecule has 7 heteroatoms. The summed E-state index contributed by atoms with van der Waals surface area (Å²) in [5.41, 5.74) is 0.739. The van der Waals surface area contributed by atoms with Gasteiger partial charge in [0.15, 0.2) is 9.84 Å². The van der Waals surface area contributed by atoms with Gasteiger partial charge in [-0.15, -0.1) is 0 Å². The minimum atomic E-state index is -3.16. The van der Waals surface area contributed by atoms with Crippen LogP contribution in [0.4, 0.5) is 11.6 Å². The van der Waals surface area contributed by atoms with Gasteiger partial charge in [0.25, 0.3) is 0 Å². The maximum absolute atomic E-state index is 11.3. The highest BCUT2D eigenvalue weighted by molar-refractivity contribution is 14.1. The third-order valence-corrected chi connectivity index (χ3v) is 3.84. The fourth-order valence-corrected chi connectivity index (χ4v) is 2.20. The Kier molecular flexibility index (Phi) is 3.81. The van der Waals surface area contributed by atoms with Crippen molar-refractivity contribution in [2.45, 2.75) is 4.90 Å². The monoisotopic (exact) mass is 375 g/mol. The van der Waals surface area contributed by atoms with E-state index in [0.29, 0.717) is 5.95 Å². The number of rotatable bonds is 3. The lowest BCUT2D eigenvalue weighted by atomic mass is 10.3. The second-order valence-electron chi connectivity index (χ2n) is 3.65. The van der Waals surface area contributed by atoms with Crippen LogP contribution in [0.3, 0.4) is 0 Å². The smallest absolute Gasteiger partial charge is 0.227 e. The molecule has 2 rings (SSSR count). The fourth-order valence-electron chi connectivity index (χ4n) is 1.29. The van der Waals surface area contributed by atoms with Gasteiger partial charge >= 0.3 is 0 Å². The number of nitrogens with zero attached hydrogens (tertiary/aromatic N) is 2. The van der Waals surface area contributed by atoms with Crippen LogP contribution in [-0.4, -0.2) is 24.6 Å². The minimum Gasteiger partial charge on any atom is -0.324 e. The van der Waals surface area contributed by atoms with Crippen LogP contribution in [0.2, 0.25) is 0 Å². The van der Waals surface area contributed by atoms with Crippen molar-refractivity contribution < 1.29 is 8.42 Å². The van der Waals surface area contributed by atoms with Crippen molar-refractivity contribution in [2.24, 2.45) is 0 Å². The number of sulfone groups is 1. The SMILES string of the molecule is CS(=O)(=O)c1ccc(Nc2ncc(I)cn2)cc1. The summed E-state index contributed by atoms with van der Waals surface area (Å²) < 4.78 is 23.5. The van der Waals surface area contributed by atoms with Crippen molar-refractivity contribution in [3.05, 3.63) is 40.2 Å². The summed E-state index contributed by atoms with van der Waals surface area (Å²) in [6.45, 7) is 0. The molecule has 5 nitrogen and oxygen atoms in total. The van der Waals surface area contributed by atoms with E-state index in [1.165, 1.54) is 6.26 Å². The molecule has 0 bridgehead atoms. The van der Waals surface area contributed by atoms with E-state index in [1.807, 2.05) is 0 Å². The standard InChI is InChI=1S/C11H10IN3O2S/c1-18(16,17)10-4-2-9(3-5-10)15-11-13-6-8(12)7-14-11/h2-7H,1H3,(H,13,14,15). The summed E-state index contributed by atoms with van der Waals surface area (Å²) in [5.74, 6) is 0.475. The fraction of sp³-hybridized carbons (Fsp3) is 0.0909. The molecular weight excluding hydrogens is 365 g/mol. The molecule has 0 saturated heterocycles. The van der Waals surface area contributed by atoms with E-state index >= 15 is 0 Å². The van der Waals surface area contributed by atoms with Crippen LogP contribution in [0.5, 0.6) is 0 Å². The zero-order valence-corrected chi connectivity index (χ0v) is 12.4. The van der Waals surface area contributed by atoms with E-state index in [-0.39, 0.29) is 4.90 Å². The normalized spacial score (nSPS) is 11.2. The molecule has 0 aliphatic rings. The van der Waals surface area contributed by atoms with Crippen molar-refractivity contribution in [1.29, 1.82) is 0 Å². The molecule has 18 heavy (non-hydrogen) atoms. The highest BCUT2D eigenvalue weighted by Crippen LogP contribution is 2.16. The molecule has 0 spiro atoms. The van der Waals surface area contributed by atoms with Crippen LogP contribution in [0.25, 0.3) is 0 Å². The second kappa shape index (κ2) is 5.19. The molecule has 2 aromatic rings. The summed E-state index contributed by atoms with van der Waals surface area (Å²) in [4.78, 5) is 8.48. The molecule has 0 radical (unpaired) electrons. The molecule has 1 aromatic heterocycles. The highest BCUT2D eigenvalue weighted by Gasteiger charge is 2.06. The molecule has 0 amide bonds. The number of anilines is 2. The third-order valence-electron chi connectivity index (χ3n) is 2.16. The van der Waals surface area contributed by atoms with Gasteiger partial charge in [0, 0.05) is 27.9 Å². The van der Waals surface area contributed by atoms with Crippen molar-refractivity contribution in [3.8, 4) is 0 Å². The van der Waals surface area contributed by atoms with Crippen LogP contribution >= 0.6 is 22.6 Å². The van der Waals surface area contributed by atoms with Crippen LogP contribution in [0, 0.1) is 3.57 Å². The molecule has 0 aliphatic heterocycles. The quantitative estimate of drug-likeness (QED) is 0.834. The molecular formula is C11H10IN3O2S. The maximum atomic E-state index is 11.3. The number of aromatic nitrogens is 2. The van der Waals surface area contributed by atoms with Gasteiger partial charge in [-0.2, -0.15) is 0 Å². The number of nitrogens with one attached hydrogen (secondary N) is 1. The van der Waals surface area contributed by atoms with Gasteiger partial charge in [-0.3, -0.25) is 0 Å². The van der Waals surface area contributed by atoms with E-state index in [1.54, 1.807) is 36.7 Å². The lowest BCUT2D eigenvalue weighted by Gasteiger charge is -2.05. The Labute approximate surface area is 119 Å². The lowest BCUT2D eigenvalue weighted by Crippen LogP contribution is -1.99. The number of halogens is 1. The molecule has 0 fully saturated rings. The first-order valence-electron chi connectivity index (χ1n) is 5.00. The number of hydrogen-bond donors (Lipinski definition) is 1. The Hall–Kier alpha value is -1.22. The first-order valence-corrected chi connectivity index (χ1v) is 7.97. The predicted molar refractivity (Wildman–Crippen MR) is 77.6 cm³/mol. The average Bonchev–Trinajstić information content (AvgIpc) is 2.32. The molecule has 1 heterocycles. The van der Waals surface area contributed by atoms with Gasteiger partial charge in [-0.1, -0.05) is 0 Å². The summed E-state index contributed by atoms with van der Waals surface area (Å²) in [6, 6.07) is 6.45. The van der Waals surface area contributed by atoms with Crippen LogP contribution in [0.15, 0.2) is 41.6 Å². The Morgan fingerprint density at radius 3 is 2.17 bits per heavy atom. The molecule has 1 N–H and O–H groups in total. The van der Waals surface area contributed by atoms with Gasteiger partial charge in [0.2, 0.25) is 5.95 Å². The molecule has 0 atom stereocenters. The van der Waals surface area contributed by atoms with Crippen LogP contribution in [0.1, 0.15) is 0 Å². The Morgan fingerprint density at radius 1 is 1.11 bits per heavy atom. The predicted octanol–water partition coefficient (Wildman–Crippen LogP) is 2.23. The van der Waals surface area contributed by atoms with E-state index in [4.69, 9.17) is 0 Å². The number of hydrogen-bond acceptors (Lipinski definition) is 5.